The maximum Gasteiger partial charge on any atom is 0.223 e. The van der Waals surface area contributed by atoms with Gasteiger partial charge in [-0.1, -0.05) is 5.16 Å². The molecule has 0 atom stereocenters. The average molecular weight is 316 g/mol. The van der Waals surface area contributed by atoms with E-state index in [4.69, 9.17) is 4.52 Å². The molecule has 0 radical (unpaired) electrons. The van der Waals surface area contributed by atoms with Crippen LogP contribution >= 0.6 is 0 Å². The van der Waals surface area contributed by atoms with Gasteiger partial charge in [-0.2, -0.15) is 4.98 Å². The summed E-state index contributed by atoms with van der Waals surface area (Å²) in [5.41, 5.74) is 0. The summed E-state index contributed by atoms with van der Waals surface area (Å²) in [5, 5.41) is 3.93. The van der Waals surface area contributed by atoms with Crippen LogP contribution in [0.2, 0.25) is 0 Å². The quantitative estimate of drug-likeness (QED) is 0.747. The Labute approximate surface area is 126 Å². The number of rotatable bonds is 6. The van der Waals surface area contributed by atoms with Crippen molar-refractivity contribution >= 4 is 9.84 Å². The van der Waals surface area contributed by atoms with Gasteiger partial charge in [-0.15, -0.1) is 0 Å². The number of hydrogen-bond donors (Lipinski definition) is 0. The Morgan fingerprint density at radius 1 is 1.19 bits per heavy atom. The molecule has 1 fully saturated rings. The van der Waals surface area contributed by atoms with Crippen LogP contribution in [0.15, 0.2) is 4.52 Å². The number of aromatic nitrogens is 2. The van der Waals surface area contributed by atoms with Gasteiger partial charge in [-0.25, -0.2) is 8.42 Å². The van der Waals surface area contributed by atoms with Crippen molar-refractivity contribution in [1.29, 1.82) is 0 Å². The van der Waals surface area contributed by atoms with Gasteiger partial charge in [0.25, 0.3) is 0 Å². The second kappa shape index (κ2) is 7.33. The third kappa shape index (κ3) is 6.11. The Kier molecular flexibility index (Phi) is 5.72. The first kappa shape index (κ1) is 16.4. The molecule has 1 aromatic heterocycles. The normalized spacial score (nSPS) is 18.8. The molecule has 0 aliphatic carbocycles. The van der Waals surface area contributed by atoms with Crippen LogP contribution < -0.4 is 0 Å². The van der Waals surface area contributed by atoms with E-state index in [1.165, 1.54) is 6.26 Å². The molecule has 0 spiro atoms. The van der Waals surface area contributed by atoms with Crippen LogP contribution in [0.1, 0.15) is 24.6 Å². The van der Waals surface area contributed by atoms with Gasteiger partial charge >= 0.3 is 0 Å². The summed E-state index contributed by atoms with van der Waals surface area (Å²) in [7, 11) is -2.85. The zero-order valence-corrected chi connectivity index (χ0v) is 13.6. The lowest BCUT2D eigenvalue weighted by atomic mass is 10.3. The topological polar surface area (TPSA) is 79.5 Å². The first-order valence-corrected chi connectivity index (χ1v) is 9.40. The Morgan fingerprint density at radius 2 is 1.90 bits per heavy atom. The van der Waals surface area contributed by atoms with Crippen LogP contribution in [0, 0.1) is 6.92 Å². The standard InChI is InChI=1S/C13H24N4O3S/c1-12-14-13(15-20-12)11-17-6-3-5-16(8-9-17)7-4-10-21(2,18)19/h3-11H2,1-2H3. The fraction of sp³-hybridized carbons (Fsp3) is 0.846. The van der Waals surface area contributed by atoms with Crippen molar-refractivity contribution in [2.45, 2.75) is 26.3 Å². The number of aryl methyl sites for hydroxylation is 1. The van der Waals surface area contributed by atoms with Crippen molar-refractivity contribution in [1.82, 2.24) is 19.9 Å². The molecule has 0 amide bonds. The summed E-state index contributed by atoms with van der Waals surface area (Å²) < 4.78 is 27.3. The maximum atomic E-state index is 11.1. The lowest BCUT2D eigenvalue weighted by molar-refractivity contribution is 0.245. The van der Waals surface area contributed by atoms with Crippen LogP contribution in [0.3, 0.4) is 0 Å². The highest BCUT2D eigenvalue weighted by atomic mass is 32.2. The van der Waals surface area contributed by atoms with Crippen molar-refractivity contribution < 1.29 is 12.9 Å². The van der Waals surface area contributed by atoms with E-state index in [0.717, 1.165) is 45.0 Å². The van der Waals surface area contributed by atoms with Crippen molar-refractivity contribution in [3.63, 3.8) is 0 Å². The van der Waals surface area contributed by atoms with E-state index < -0.39 is 9.84 Å². The van der Waals surface area contributed by atoms with Crippen LogP contribution in [0.5, 0.6) is 0 Å². The minimum absolute atomic E-state index is 0.273. The molecule has 1 aliphatic rings. The molecule has 0 bridgehead atoms. The second-order valence-corrected chi connectivity index (χ2v) is 7.94. The number of hydrogen-bond acceptors (Lipinski definition) is 7. The average Bonchev–Trinajstić information content (AvgIpc) is 2.66. The third-order valence-corrected chi connectivity index (χ3v) is 4.64. The largest absolute Gasteiger partial charge is 0.340 e. The lowest BCUT2D eigenvalue weighted by Crippen LogP contribution is -2.32. The van der Waals surface area contributed by atoms with Gasteiger partial charge in [0.05, 0.1) is 12.3 Å². The van der Waals surface area contributed by atoms with Crippen molar-refractivity contribution in [3.05, 3.63) is 11.7 Å². The molecule has 2 heterocycles. The predicted molar refractivity (Wildman–Crippen MR) is 79.7 cm³/mol. The minimum Gasteiger partial charge on any atom is -0.340 e. The molecule has 7 nitrogen and oxygen atoms in total. The molecule has 0 aromatic carbocycles. The fourth-order valence-electron chi connectivity index (χ4n) is 2.56. The summed E-state index contributed by atoms with van der Waals surface area (Å²) in [6.45, 7) is 7.30. The Hall–Kier alpha value is -0.990. The molecule has 0 saturated carbocycles. The summed E-state index contributed by atoms with van der Waals surface area (Å²) in [6.07, 6.45) is 3.09. The van der Waals surface area contributed by atoms with Gasteiger partial charge in [0, 0.05) is 26.3 Å². The molecule has 8 heteroatoms. The first-order valence-electron chi connectivity index (χ1n) is 7.34. The molecule has 1 aliphatic heterocycles. The minimum atomic E-state index is -2.85. The van der Waals surface area contributed by atoms with Gasteiger partial charge in [0.2, 0.25) is 5.89 Å². The van der Waals surface area contributed by atoms with Crippen LogP contribution in [-0.4, -0.2) is 73.1 Å². The smallest absolute Gasteiger partial charge is 0.223 e. The summed E-state index contributed by atoms with van der Waals surface area (Å²) >= 11 is 0. The summed E-state index contributed by atoms with van der Waals surface area (Å²) in [6, 6.07) is 0. The van der Waals surface area contributed by atoms with E-state index in [0.29, 0.717) is 18.9 Å². The molecule has 1 aromatic rings. The monoisotopic (exact) mass is 316 g/mol. The molecule has 0 unspecified atom stereocenters. The van der Waals surface area contributed by atoms with E-state index >= 15 is 0 Å². The summed E-state index contributed by atoms with van der Waals surface area (Å²) in [5.74, 6) is 1.61. The molecule has 2 rings (SSSR count). The van der Waals surface area contributed by atoms with Crippen molar-refractivity contribution in [2.75, 3.05) is 44.7 Å². The highest BCUT2D eigenvalue weighted by molar-refractivity contribution is 7.90. The Balaban J connectivity index is 1.74. The SMILES string of the molecule is Cc1nc(CN2CCCN(CCCS(C)(=O)=O)CC2)no1. The summed E-state index contributed by atoms with van der Waals surface area (Å²) in [4.78, 5) is 8.89. The van der Waals surface area contributed by atoms with E-state index in [2.05, 4.69) is 19.9 Å². The Morgan fingerprint density at radius 3 is 2.57 bits per heavy atom. The van der Waals surface area contributed by atoms with Crippen molar-refractivity contribution in [3.8, 4) is 0 Å². The predicted octanol–water partition coefficient (Wildman–Crippen LogP) is 0.320. The third-order valence-electron chi connectivity index (χ3n) is 3.61. The zero-order valence-electron chi connectivity index (χ0n) is 12.8. The van der Waals surface area contributed by atoms with Crippen LogP contribution in [0.25, 0.3) is 0 Å². The highest BCUT2D eigenvalue weighted by Crippen LogP contribution is 2.08. The Bertz CT molecular complexity index is 543. The van der Waals surface area contributed by atoms with Crippen LogP contribution in [-0.2, 0) is 16.4 Å². The number of sulfone groups is 1. The molecule has 0 N–H and O–H groups in total. The molecular formula is C13H24N4O3S. The maximum absolute atomic E-state index is 11.1. The second-order valence-electron chi connectivity index (χ2n) is 5.68. The first-order chi connectivity index (χ1) is 9.92. The van der Waals surface area contributed by atoms with Gasteiger partial charge in [-0.05, 0) is 32.5 Å². The van der Waals surface area contributed by atoms with Gasteiger partial charge in [-0.3, -0.25) is 4.90 Å². The lowest BCUT2D eigenvalue weighted by Gasteiger charge is -2.20. The van der Waals surface area contributed by atoms with E-state index in [-0.39, 0.29) is 5.75 Å². The molecule has 120 valence electrons. The van der Waals surface area contributed by atoms with E-state index in [9.17, 15) is 8.42 Å². The molecule has 1 saturated heterocycles. The van der Waals surface area contributed by atoms with E-state index in [1.54, 1.807) is 6.92 Å². The van der Waals surface area contributed by atoms with Crippen molar-refractivity contribution in [2.24, 2.45) is 0 Å². The van der Waals surface area contributed by atoms with Gasteiger partial charge in [0.15, 0.2) is 5.82 Å². The zero-order chi connectivity index (χ0) is 15.3. The van der Waals surface area contributed by atoms with Crippen LogP contribution in [0.4, 0.5) is 0 Å². The van der Waals surface area contributed by atoms with E-state index in [1.807, 2.05) is 0 Å². The van der Waals surface area contributed by atoms with Gasteiger partial charge < -0.3 is 9.42 Å². The fourth-order valence-corrected chi connectivity index (χ4v) is 3.22. The van der Waals surface area contributed by atoms with Gasteiger partial charge in [0.1, 0.15) is 9.84 Å². The molecular weight excluding hydrogens is 292 g/mol. The number of nitrogens with zero attached hydrogens (tertiary/aromatic N) is 4. The highest BCUT2D eigenvalue weighted by Gasteiger charge is 2.17. The molecule has 21 heavy (non-hydrogen) atoms.